The lowest BCUT2D eigenvalue weighted by Crippen LogP contribution is -2.19. The minimum absolute atomic E-state index is 0.113. The number of phenols is 1. The van der Waals surface area contributed by atoms with Gasteiger partial charge in [-0.05, 0) is 42.5 Å². The molecule has 0 aliphatic rings. The monoisotopic (exact) mass is 413 g/mol. The summed E-state index contributed by atoms with van der Waals surface area (Å²) in [5.74, 6) is 1.27. The van der Waals surface area contributed by atoms with Gasteiger partial charge in [-0.25, -0.2) is 4.21 Å². The van der Waals surface area contributed by atoms with Crippen molar-refractivity contribution in [1.82, 2.24) is 4.98 Å². The summed E-state index contributed by atoms with van der Waals surface area (Å²) in [7, 11) is -0.708. The van der Waals surface area contributed by atoms with Gasteiger partial charge in [-0.1, -0.05) is 13.8 Å². The number of nitrogens with zero attached hydrogens (tertiary/aromatic N) is 1. The van der Waals surface area contributed by atoms with Crippen molar-refractivity contribution in [3.05, 3.63) is 48.7 Å². The molecule has 6 nitrogen and oxygen atoms in total. The molecule has 1 aromatic heterocycles. The van der Waals surface area contributed by atoms with Crippen LogP contribution in [0.4, 0.5) is 17.1 Å². The largest absolute Gasteiger partial charge is 0.508 e. The Bertz CT molecular complexity index is 1120. The lowest BCUT2D eigenvalue weighted by molar-refractivity contribution is 0.408. The predicted octanol–water partition coefficient (Wildman–Crippen LogP) is 4.93. The minimum Gasteiger partial charge on any atom is -0.508 e. The molecule has 0 saturated carbocycles. The van der Waals surface area contributed by atoms with Crippen LogP contribution in [0.5, 0.6) is 11.5 Å². The van der Waals surface area contributed by atoms with Gasteiger partial charge in [-0.2, -0.15) is 0 Å². The predicted molar refractivity (Wildman–Crippen MR) is 123 cm³/mol. The Morgan fingerprint density at radius 2 is 1.97 bits per heavy atom. The molecule has 154 valence electrons. The quantitative estimate of drug-likeness (QED) is 0.456. The van der Waals surface area contributed by atoms with E-state index in [0.717, 1.165) is 35.1 Å². The van der Waals surface area contributed by atoms with Crippen LogP contribution < -0.4 is 14.8 Å². The number of fused-ring (bicyclic) bond motifs is 1. The fourth-order valence-corrected chi connectivity index (χ4v) is 5.22. The van der Waals surface area contributed by atoms with Crippen molar-refractivity contribution < 1.29 is 14.1 Å². The Morgan fingerprint density at radius 3 is 2.69 bits per heavy atom. The van der Waals surface area contributed by atoms with E-state index >= 15 is 0 Å². The van der Waals surface area contributed by atoms with Crippen molar-refractivity contribution in [1.29, 1.82) is 0 Å². The molecule has 29 heavy (non-hydrogen) atoms. The van der Waals surface area contributed by atoms with Gasteiger partial charge in [0.15, 0.2) is 0 Å². The molecule has 0 aliphatic carbocycles. The Balaban J connectivity index is 1.99. The number of methoxy groups -OCH3 is 1. The smallest absolute Gasteiger partial charge is 0.124 e. The fraction of sp³-hybridized carbons (Fsp3) is 0.273. The van der Waals surface area contributed by atoms with Gasteiger partial charge >= 0.3 is 0 Å². The van der Waals surface area contributed by atoms with Gasteiger partial charge in [0, 0.05) is 62.3 Å². The molecule has 1 unspecified atom stereocenters. The van der Waals surface area contributed by atoms with Crippen LogP contribution in [0.2, 0.25) is 0 Å². The average molecular weight is 414 g/mol. The van der Waals surface area contributed by atoms with E-state index in [0.29, 0.717) is 17.2 Å². The number of benzene rings is 2. The van der Waals surface area contributed by atoms with Crippen LogP contribution in [0.3, 0.4) is 0 Å². The number of aromatic nitrogens is 1. The third kappa shape index (κ3) is 5.12. The summed E-state index contributed by atoms with van der Waals surface area (Å²) in [6.45, 7) is 4.02. The molecule has 0 fully saturated rings. The molecule has 0 aliphatic heterocycles. The van der Waals surface area contributed by atoms with Crippen LogP contribution >= 0.6 is 0 Å². The Labute approximate surface area is 172 Å². The molecule has 1 heterocycles. The second kappa shape index (κ2) is 9.05. The molecule has 0 radical (unpaired) electrons. The van der Waals surface area contributed by atoms with Gasteiger partial charge in [0.05, 0.1) is 12.6 Å². The number of anilines is 3. The first-order valence-corrected chi connectivity index (χ1v) is 11.4. The number of aromatic hydroxyl groups is 1. The van der Waals surface area contributed by atoms with Crippen molar-refractivity contribution in [3.8, 4) is 11.5 Å². The van der Waals surface area contributed by atoms with E-state index in [1.54, 1.807) is 31.5 Å². The molecule has 3 aromatic rings. The summed E-state index contributed by atoms with van der Waals surface area (Å²) in [6, 6.07) is 12.6. The molecule has 0 bridgehead atoms. The fourth-order valence-electron chi connectivity index (χ4n) is 3.20. The minimum atomic E-state index is -2.26. The highest BCUT2D eigenvalue weighted by Crippen LogP contribution is 2.31. The average Bonchev–Trinajstić information content (AvgIpc) is 2.68. The summed E-state index contributed by atoms with van der Waals surface area (Å²) in [5, 5.41) is 16.0. The van der Waals surface area contributed by atoms with E-state index in [4.69, 9.17) is 4.74 Å². The Hall–Kier alpha value is -2.93. The molecule has 2 aromatic carbocycles. The number of nitrogens with one attached hydrogen (secondary N) is 2. The van der Waals surface area contributed by atoms with Gasteiger partial charge in [-0.15, -0.1) is 0 Å². The second-order valence-corrected chi connectivity index (χ2v) is 9.14. The summed E-state index contributed by atoms with van der Waals surface area (Å²) in [6.07, 6.45) is 3.31. The van der Waals surface area contributed by atoms with Gasteiger partial charge in [0.25, 0.3) is 0 Å². The highest BCUT2D eigenvalue weighted by molar-refractivity contribution is 8.02. The Kier molecular flexibility index (Phi) is 6.49. The van der Waals surface area contributed by atoms with Crippen LogP contribution in [0.25, 0.3) is 10.9 Å². The summed E-state index contributed by atoms with van der Waals surface area (Å²) in [4.78, 5) is 4.42. The first-order chi connectivity index (χ1) is 14.0. The standard InChI is InChI=1S/C22H27N3O3S/c1-4-10-29(27,11-5-2)25-16-6-7-21-20(14-16)22(8-9-23-21)24-17-12-18(26)15-19(13-17)28-3/h6-10,12-15,26H,4-5,11H2,1-3H3,(H,23,24)(H,25,27). The number of phenolic OH excluding ortho intramolecular Hbond substituents is 1. The van der Waals surface area contributed by atoms with Crippen LogP contribution in [0.1, 0.15) is 26.7 Å². The molecule has 3 N–H and O–H groups in total. The highest BCUT2D eigenvalue weighted by atomic mass is 32.2. The maximum atomic E-state index is 13.1. The van der Waals surface area contributed by atoms with Gasteiger partial charge in [0.1, 0.15) is 11.5 Å². The lowest BCUT2D eigenvalue weighted by Gasteiger charge is -2.16. The molecule has 0 saturated heterocycles. The molecular formula is C22H27N3O3S. The van der Waals surface area contributed by atoms with E-state index in [1.807, 2.05) is 43.5 Å². The van der Waals surface area contributed by atoms with Crippen molar-refractivity contribution in [2.45, 2.75) is 26.7 Å². The van der Waals surface area contributed by atoms with Crippen LogP contribution in [-0.4, -0.2) is 32.5 Å². The van der Waals surface area contributed by atoms with Gasteiger partial charge < -0.3 is 19.9 Å². The van der Waals surface area contributed by atoms with Crippen molar-refractivity contribution in [2.24, 2.45) is 0 Å². The molecule has 1 atom stereocenters. The van der Waals surface area contributed by atoms with Crippen LogP contribution in [0, 0.1) is 0 Å². The third-order valence-electron chi connectivity index (χ3n) is 4.38. The summed E-state index contributed by atoms with van der Waals surface area (Å²) >= 11 is 0. The van der Waals surface area contributed by atoms with Gasteiger partial charge in [-0.3, -0.25) is 4.98 Å². The molecule has 0 spiro atoms. The zero-order chi connectivity index (χ0) is 20.9. The first-order valence-electron chi connectivity index (χ1n) is 9.63. The number of pyridine rings is 1. The van der Waals surface area contributed by atoms with Crippen molar-refractivity contribution in [2.75, 3.05) is 22.9 Å². The third-order valence-corrected chi connectivity index (χ3v) is 6.85. The lowest BCUT2D eigenvalue weighted by atomic mass is 10.1. The second-order valence-electron chi connectivity index (χ2n) is 6.74. The maximum Gasteiger partial charge on any atom is 0.124 e. The van der Waals surface area contributed by atoms with Crippen molar-refractivity contribution >= 4 is 43.0 Å². The SMILES string of the molecule is CCC=S(=O)(CCC)Nc1ccc2nccc(Nc3cc(O)cc(OC)c3)c2c1. The maximum absolute atomic E-state index is 13.1. The van der Waals surface area contributed by atoms with E-state index in [9.17, 15) is 9.32 Å². The molecular weight excluding hydrogens is 386 g/mol. The number of rotatable bonds is 8. The normalized spacial score (nSPS) is 12.9. The zero-order valence-corrected chi connectivity index (χ0v) is 17.8. The molecule has 3 rings (SSSR count). The summed E-state index contributed by atoms with van der Waals surface area (Å²) < 4.78 is 21.6. The zero-order valence-electron chi connectivity index (χ0n) is 16.9. The highest BCUT2D eigenvalue weighted by Gasteiger charge is 2.09. The van der Waals surface area contributed by atoms with E-state index in [2.05, 4.69) is 15.0 Å². The number of hydrogen-bond acceptors (Lipinski definition) is 5. The van der Waals surface area contributed by atoms with E-state index in [1.165, 1.54) is 0 Å². The Morgan fingerprint density at radius 1 is 1.14 bits per heavy atom. The number of hydrogen-bond donors (Lipinski definition) is 3. The van der Waals surface area contributed by atoms with Crippen LogP contribution in [0.15, 0.2) is 48.7 Å². The topological polar surface area (TPSA) is 83.5 Å². The van der Waals surface area contributed by atoms with Crippen molar-refractivity contribution in [3.63, 3.8) is 0 Å². The van der Waals surface area contributed by atoms with Gasteiger partial charge in [0.2, 0.25) is 0 Å². The van der Waals surface area contributed by atoms with E-state index < -0.39 is 9.71 Å². The van der Waals surface area contributed by atoms with Crippen LogP contribution in [-0.2, 0) is 9.71 Å². The summed E-state index contributed by atoms with van der Waals surface area (Å²) in [5.41, 5.74) is 3.12. The molecule has 0 amide bonds. The molecule has 7 heteroatoms. The first kappa shape index (κ1) is 20.8. The van der Waals surface area contributed by atoms with E-state index in [-0.39, 0.29) is 5.75 Å². The number of ether oxygens (including phenoxy) is 1.